The zero-order valence-electron chi connectivity index (χ0n) is 13.5. The summed E-state index contributed by atoms with van der Waals surface area (Å²) in [5, 5.41) is 15.2. The van der Waals surface area contributed by atoms with Crippen LogP contribution in [-0.2, 0) is 0 Å². The molecule has 25 heavy (non-hydrogen) atoms. The first-order valence-electron chi connectivity index (χ1n) is 7.92. The van der Waals surface area contributed by atoms with Gasteiger partial charge in [0.15, 0.2) is 0 Å². The predicted molar refractivity (Wildman–Crippen MR) is 93.8 cm³/mol. The topological polar surface area (TPSA) is 101 Å². The number of carbonyl (C=O) groups excluding carboxylic acids is 1. The highest BCUT2D eigenvalue weighted by Gasteiger charge is 2.22. The number of nitrogens with one attached hydrogen (secondary N) is 1. The molecule has 0 unspecified atom stereocenters. The minimum absolute atomic E-state index is 0.0458. The zero-order chi connectivity index (χ0) is 17.6. The Morgan fingerprint density at radius 2 is 2.12 bits per heavy atom. The normalized spacial score (nSPS) is 14.0. The number of pyridine rings is 1. The van der Waals surface area contributed by atoms with Crippen molar-refractivity contribution in [1.82, 2.24) is 10.4 Å². The van der Waals surface area contributed by atoms with Gasteiger partial charge in [-0.05, 0) is 31.0 Å². The number of hydrazone groups is 1. The van der Waals surface area contributed by atoms with Gasteiger partial charge in [-0.3, -0.25) is 19.9 Å². The van der Waals surface area contributed by atoms with Gasteiger partial charge in [0.2, 0.25) is 0 Å². The molecule has 1 N–H and O–H groups in total. The number of nitro groups is 1. The fourth-order valence-corrected chi connectivity index (χ4v) is 2.72. The molecule has 0 saturated carbocycles. The summed E-state index contributed by atoms with van der Waals surface area (Å²) >= 11 is 0. The molecule has 8 nitrogen and oxygen atoms in total. The molecule has 0 bridgehead atoms. The van der Waals surface area contributed by atoms with Crippen molar-refractivity contribution in [1.29, 1.82) is 0 Å². The second-order valence-electron chi connectivity index (χ2n) is 5.64. The van der Waals surface area contributed by atoms with Gasteiger partial charge in [-0.25, -0.2) is 5.43 Å². The van der Waals surface area contributed by atoms with Crippen molar-refractivity contribution < 1.29 is 9.72 Å². The fourth-order valence-electron chi connectivity index (χ4n) is 2.72. The Balaban J connectivity index is 1.73. The number of rotatable bonds is 5. The molecule has 1 aromatic carbocycles. The molecule has 0 radical (unpaired) electrons. The fraction of sp³-hybridized carbons (Fsp3) is 0.235. The molecule has 1 aliphatic heterocycles. The van der Waals surface area contributed by atoms with Crippen molar-refractivity contribution in [3.05, 3.63) is 64.0 Å². The molecule has 1 fully saturated rings. The van der Waals surface area contributed by atoms with Crippen LogP contribution in [0.4, 0.5) is 11.4 Å². The molecular formula is C17H17N5O3. The Kier molecular flexibility index (Phi) is 4.98. The van der Waals surface area contributed by atoms with E-state index in [-0.39, 0.29) is 10.6 Å². The van der Waals surface area contributed by atoms with Gasteiger partial charge in [0, 0.05) is 37.1 Å². The van der Waals surface area contributed by atoms with Crippen LogP contribution in [0.5, 0.6) is 0 Å². The lowest BCUT2D eigenvalue weighted by molar-refractivity contribution is -0.384. The minimum atomic E-state index is -0.396. The second-order valence-corrected chi connectivity index (χ2v) is 5.64. The number of anilines is 1. The van der Waals surface area contributed by atoms with Crippen molar-refractivity contribution in [2.45, 2.75) is 12.8 Å². The number of aromatic nitrogens is 1. The van der Waals surface area contributed by atoms with E-state index >= 15 is 0 Å². The van der Waals surface area contributed by atoms with Crippen LogP contribution < -0.4 is 10.3 Å². The minimum Gasteiger partial charge on any atom is -0.366 e. The molecule has 128 valence electrons. The number of benzene rings is 1. The molecule has 2 aromatic rings. The van der Waals surface area contributed by atoms with Gasteiger partial charge in [-0.15, -0.1) is 0 Å². The summed E-state index contributed by atoms with van der Waals surface area (Å²) in [6.07, 6.45) is 6.47. The number of carbonyl (C=O) groups is 1. The van der Waals surface area contributed by atoms with E-state index < -0.39 is 5.91 Å². The number of hydrogen-bond donors (Lipinski definition) is 1. The van der Waals surface area contributed by atoms with E-state index in [1.807, 2.05) is 4.90 Å². The Hall–Kier alpha value is -3.29. The van der Waals surface area contributed by atoms with Crippen LogP contribution in [0.15, 0.2) is 47.8 Å². The van der Waals surface area contributed by atoms with E-state index in [0.29, 0.717) is 16.8 Å². The summed E-state index contributed by atoms with van der Waals surface area (Å²) in [5.41, 5.74) is 3.97. The highest BCUT2D eigenvalue weighted by Crippen LogP contribution is 2.31. The Morgan fingerprint density at radius 3 is 2.80 bits per heavy atom. The van der Waals surface area contributed by atoms with Crippen molar-refractivity contribution in [2.75, 3.05) is 18.0 Å². The lowest BCUT2D eigenvalue weighted by Gasteiger charge is -2.17. The van der Waals surface area contributed by atoms with E-state index in [1.54, 1.807) is 30.5 Å². The highest BCUT2D eigenvalue weighted by molar-refractivity contribution is 5.94. The van der Waals surface area contributed by atoms with Gasteiger partial charge in [-0.2, -0.15) is 5.10 Å². The summed E-state index contributed by atoms with van der Waals surface area (Å²) in [5.74, 6) is -0.396. The van der Waals surface area contributed by atoms with Gasteiger partial charge in [0.25, 0.3) is 11.6 Å². The Bertz CT molecular complexity index is 801. The summed E-state index contributed by atoms with van der Waals surface area (Å²) < 4.78 is 0. The lowest BCUT2D eigenvalue weighted by Crippen LogP contribution is -2.19. The van der Waals surface area contributed by atoms with Crippen LogP contribution in [-0.4, -0.2) is 35.1 Å². The second kappa shape index (κ2) is 7.52. The molecule has 3 rings (SSSR count). The summed E-state index contributed by atoms with van der Waals surface area (Å²) in [7, 11) is 0. The van der Waals surface area contributed by atoms with E-state index in [4.69, 9.17) is 0 Å². The van der Waals surface area contributed by atoms with Gasteiger partial charge in [-0.1, -0.05) is 6.07 Å². The first-order valence-corrected chi connectivity index (χ1v) is 7.92. The molecule has 1 amide bonds. The number of amides is 1. The van der Waals surface area contributed by atoms with Crippen LogP contribution >= 0.6 is 0 Å². The number of nitro benzene ring substituents is 1. The van der Waals surface area contributed by atoms with Gasteiger partial charge < -0.3 is 4.90 Å². The van der Waals surface area contributed by atoms with Crippen LogP contribution in [0.2, 0.25) is 0 Å². The maximum absolute atomic E-state index is 11.9. The third-order valence-corrected chi connectivity index (χ3v) is 3.95. The average molecular weight is 339 g/mol. The summed E-state index contributed by atoms with van der Waals surface area (Å²) in [6.45, 7) is 1.66. The molecular weight excluding hydrogens is 322 g/mol. The van der Waals surface area contributed by atoms with Crippen LogP contribution in [0, 0.1) is 10.1 Å². The molecule has 1 aliphatic rings. The van der Waals surface area contributed by atoms with Crippen molar-refractivity contribution >= 4 is 23.5 Å². The first-order chi connectivity index (χ1) is 12.1. The largest absolute Gasteiger partial charge is 0.366 e. The maximum Gasteiger partial charge on any atom is 0.293 e. The Morgan fingerprint density at radius 1 is 1.32 bits per heavy atom. The van der Waals surface area contributed by atoms with Crippen molar-refractivity contribution in [2.24, 2.45) is 5.10 Å². The smallest absolute Gasteiger partial charge is 0.293 e. The maximum atomic E-state index is 11.9. The molecule has 8 heteroatoms. The van der Waals surface area contributed by atoms with Gasteiger partial charge in [0.05, 0.1) is 16.7 Å². The number of hydrogen-bond acceptors (Lipinski definition) is 6. The van der Waals surface area contributed by atoms with Crippen LogP contribution in [0.1, 0.15) is 28.8 Å². The summed E-state index contributed by atoms with van der Waals surface area (Å²) in [6, 6.07) is 8.22. The third kappa shape index (κ3) is 3.97. The molecule has 2 heterocycles. The van der Waals surface area contributed by atoms with Crippen molar-refractivity contribution in [3.63, 3.8) is 0 Å². The van der Waals surface area contributed by atoms with E-state index in [2.05, 4.69) is 15.5 Å². The first kappa shape index (κ1) is 16.6. The zero-order valence-corrected chi connectivity index (χ0v) is 13.5. The molecule has 0 atom stereocenters. The monoisotopic (exact) mass is 339 g/mol. The van der Waals surface area contributed by atoms with Crippen molar-refractivity contribution in [3.8, 4) is 0 Å². The summed E-state index contributed by atoms with van der Waals surface area (Å²) in [4.78, 5) is 28.7. The molecule has 0 spiro atoms. The van der Waals surface area contributed by atoms with Gasteiger partial charge >= 0.3 is 0 Å². The van der Waals surface area contributed by atoms with E-state index in [1.165, 1.54) is 18.5 Å². The van der Waals surface area contributed by atoms with Crippen LogP contribution in [0.25, 0.3) is 0 Å². The highest BCUT2D eigenvalue weighted by atomic mass is 16.6. The standard InChI is InChI=1S/C17H17N5O3/c23-17(14-4-3-7-18-12-14)20-19-11-13-5-6-15(16(10-13)22(24)25)21-8-1-2-9-21/h3-7,10-12H,1-2,8-9H2,(H,20,23)/b19-11+. The van der Waals surface area contributed by atoms with Crippen LogP contribution in [0.3, 0.4) is 0 Å². The average Bonchev–Trinajstić information content (AvgIpc) is 3.16. The van der Waals surface area contributed by atoms with E-state index in [9.17, 15) is 14.9 Å². The predicted octanol–water partition coefficient (Wildman–Crippen LogP) is 2.35. The lowest BCUT2D eigenvalue weighted by atomic mass is 10.1. The molecule has 1 saturated heterocycles. The SMILES string of the molecule is O=C(N/N=C/c1ccc(N2CCCC2)c([N+](=O)[O-])c1)c1cccnc1. The molecule has 0 aliphatic carbocycles. The van der Waals surface area contributed by atoms with E-state index in [0.717, 1.165) is 25.9 Å². The number of nitrogens with zero attached hydrogens (tertiary/aromatic N) is 4. The molecule has 1 aromatic heterocycles. The van der Waals surface area contributed by atoms with Gasteiger partial charge in [0.1, 0.15) is 5.69 Å². The quantitative estimate of drug-likeness (QED) is 0.512. The Labute approximate surface area is 144 Å². The third-order valence-electron chi connectivity index (χ3n) is 3.95.